The van der Waals surface area contributed by atoms with Gasteiger partial charge in [0.25, 0.3) is 0 Å². The quantitative estimate of drug-likeness (QED) is 0.688. The highest BCUT2D eigenvalue weighted by Gasteiger charge is 2.29. The third-order valence-electron chi connectivity index (χ3n) is 6.34. The molecular weight excluding hydrogens is 434 g/mol. The fourth-order valence-corrected chi connectivity index (χ4v) is 5.43. The number of fused-ring (bicyclic) bond motifs is 1. The molecule has 0 unspecified atom stereocenters. The van der Waals surface area contributed by atoms with Crippen LogP contribution >= 0.6 is 11.6 Å². The largest absolute Gasteiger partial charge is 0.300 e. The van der Waals surface area contributed by atoms with Crippen molar-refractivity contribution in [3.63, 3.8) is 0 Å². The predicted molar refractivity (Wildman–Crippen MR) is 125 cm³/mol. The fraction of sp³-hybridized carbons (Fsp3) is 0.455. The summed E-state index contributed by atoms with van der Waals surface area (Å²) in [5, 5.41) is 2.88. The fourth-order valence-electron chi connectivity index (χ4n) is 4.29. The Labute approximate surface area is 189 Å². The molecule has 1 saturated heterocycles. The highest BCUT2D eigenvalue weighted by atomic mass is 35.5. The molecule has 2 fully saturated rings. The second kappa shape index (κ2) is 8.26. The first-order valence-corrected chi connectivity index (χ1v) is 13.0. The summed E-state index contributed by atoms with van der Waals surface area (Å²) in [6.07, 6.45) is 3.89. The van der Waals surface area contributed by atoms with Gasteiger partial charge in [0.1, 0.15) is 0 Å². The first kappa shape index (κ1) is 21.0. The van der Waals surface area contributed by atoms with Gasteiger partial charge in [0.2, 0.25) is 10.0 Å². The predicted octanol–water partition coefficient (Wildman–Crippen LogP) is 3.15. The third kappa shape index (κ3) is 4.54. The van der Waals surface area contributed by atoms with E-state index >= 15 is 0 Å². The van der Waals surface area contributed by atoms with E-state index in [1.165, 1.54) is 24.7 Å². The minimum Gasteiger partial charge on any atom is -0.300 e. The summed E-state index contributed by atoms with van der Waals surface area (Å²) < 4.78 is 24.9. The molecule has 0 radical (unpaired) electrons. The maximum absolute atomic E-state index is 11.7. The highest BCUT2D eigenvalue weighted by Crippen LogP contribution is 2.43. The molecule has 9 heteroatoms. The van der Waals surface area contributed by atoms with E-state index in [2.05, 4.69) is 57.3 Å². The van der Waals surface area contributed by atoms with Gasteiger partial charge in [0, 0.05) is 44.8 Å². The Morgan fingerprint density at radius 1 is 1.03 bits per heavy atom. The molecule has 0 atom stereocenters. The molecule has 5 rings (SSSR count). The minimum absolute atomic E-state index is 0.556. The van der Waals surface area contributed by atoms with Crippen LogP contribution in [0.2, 0.25) is 5.02 Å². The van der Waals surface area contributed by atoms with E-state index in [9.17, 15) is 8.42 Å². The van der Waals surface area contributed by atoms with Crippen LogP contribution in [-0.4, -0.2) is 56.6 Å². The van der Waals surface area contributed by atoms with Gasteiger partial charge in [-0.3, -0.25) is 9.91 Å². The summed E-state index contributed by atoms with van der Waals surface area (Å²) in [6.45, 7) is 4.43. The molecule has 0 bridgehead atoms. The summed E-state index contributed by atoms with van der Waals surface area (Å²) in [5.74, 6) is 0.778. The molecular formula is C22H28ClN5O2S. The van der Waals surface area contributed by atoms with Crippen LogP contribution < -0.4 is 16.0 Å². The highest BCUT2D eigenvalue weighted by molar-refractivity contribution is 7.88. The standard InChI is InChI=1S/C22H28ClN5O2S/c1-31(29,30)27-12-10-26(11-13-27)14-16-4-6-18(7-5-16)19-8-9-20-22(21(19)23)24-25-28(20)15-17-2-3-17/h4-9,17,24-25H,2-3,10-15H2,1H3. The maximum Gasteiger partial charge on any atom is 0.211 e. The molecule has 2 aromatic rings. The zero-order chi connectivity index (χ0) is 21.6. The molecule has 166 valence electrons. The van der Waals surface area contributed by atoms with Crippen molar-refractivity contribution in [2.24, 2.45) is 5.92 Å². The molecule has 2 N–H and O–H groups in total. The van der Waals surface area contributed by atoms with Gasteiger partial charge in [-0.25, -0.2) is 8.42 Å². The maximum atomic E-state index is 11.7. The Balaban J connectivity index is 1.25. The van der Waals surface area contributed by atoms with Crippen molar-refractivity contribution >= 4 is 33.0 Å². The average Bonchev–Trinajstić information content (AvgIpc) is 3.47. The van der Waals surface area contributed by atoms with Gasteiger partial charge in [-0.1, -0.05) is 41.9 Å². The number of nitrogens with zero attached hydrogens (tertiary/aromatic N) is 3. The number of hydrazine groups is 2. The Morgan fingerprint density at radius 3 is 2.39 bits per heavy atom. The number of hydrogen-bond donors (Lipinski definition) is 2. The van der Waals surface area contributed by atoms with Crippen LogP contribution in [0.5, 0.6) is 0 Å². The summed E-state index contributed by atoms with van der Waals surface area (Å²) in [7, 11) is -3.09. The van der Waals surface area contributed by atoms with Crippen molar-refractivity contribution in [3.8, 4) is 11.1 Å². The Kier molecular flexibility index (Phi) is 5.60. The average molecular weight is 462 g/mol. The van der Waals surface area contributed by atoms with Crippen LogP contribution in [0.1, 0.15) is 18.4 Å². The van der Waals surface area contributed by atoms with Crippen LogP contribution in [0.25, 0.3) is 11.1 Å². The molecule has 2 aromatic carbocycles. The summed E-state index contributed by atoms with van der Waals surface area (Å²) in [4.78, 5) is 2.29. The van der Waals surface area contributed by atoms with E-state index < -0.39 is 10.0 Å². The molecule has 3 aliphatic rings. The van der Waals surface area contributed by atoms with Gasteiger partial charge in [-0.2, -0.15) is 4.31 Å². The monoisotopic (exact) mass is 461 g/mol. The summed E-state index contributed by atoms with van der Waals surface area (Å²) >= 11 is 6.76. The number of rotatable bonds is 6. The third-order valence-corrected chi connectivity index (χ3v) is 8.03. The van der Waals surface area contributed by atoms with E-state index in [-0.39, 0.29) is 0 Å². The lowest BCUT2D eigenvalue weighted by atomic mass is 10.0. The molecule has 1 aliphatic carbocycles. The number of halogens is 1. The molecule has 0 spiro atoms. The van der Waals surface area contributed by atoms with Crippen LogP contribution in [0.15, 0.2) is 36.4 Å². The first-order chi connectivity index (χ1) is 14.9. The van der Waals surface area contributed by atoms with Crippen molar-refractivity contribution in [3.05, 3.63) is 47.0 Å². The van der Waals surface area contributed by atoms with E-state index in [1.54, 1.807) is 4.31 Å². The van der Waals surface area contributed by atoms with E-state index in [1.807, 2.05) is 0 Å². The summed E-state index contributed by atoms with van der Waals surface area (Å²) in [6, 6.07) is 12.7. The van der Waals surface area contributed by atoms with Gasteiger partial charge >= 0.3 is 0 Å². The van der Waals surface area contributed by atoms with Crippen molar-refractivity contribution in [1.82, 2.24) is 14.7 Å². The van der Waals surface area contributed by atoms with Crippen molar-refractivity contribution in [2.75, 3.05) is 49.4 Å². The van der Waals surface area contributed by atoms with E-state index in [0.717, 1.165) is 59.6 Å². The number of hydrogen-bond acceptors (Lipinski definition) is 6. The SMILES string of the molecule is CS(=O)(=O)N1CCN(Cc2ccc(-c3ccc4c(c3Cl)NNN4CC3CC3)cc2)CC1. The second-order valence-corrected chi connectivity index (χ2v) is 11.1. The molecule has 1 saturated carbocycles. The lowest BCUT2D eigenvalue weighted by Gasteiger charge is -2.33. The molecule has 0 amide bonds. The van der Waals surface area contributed by atoms with Gasteiger partial charge in [-0.15, -0.1) is 5.53 Å². The number of sulfonamides is 1. The number of piperazine rings is 1. The second-order valence-electron chi connectivity index (χ2n) is 8.75. The molecule has 2 heterocycles. The normalized spacial score (nSPS) is 20.0. The molecule has 7 nitrogen and oxygen atoms in total. The Bertz CT molecular complexity index is 1060. The van der Waals surface area contributed by atoms with E-state index in [0.29, 0.717) is 13.1 Å². The Hall–Kier alpha value is -1.84. The van der Waals surface area contributed by atoms with Crippen LogP contribution in [0, 0.1) is 5.92 Å². The van der Waals surface area contributed by atoms with Crippen molar-refractivity contribution < 1.29 is 8.42 Å². The van der Waals surface area contributed by atoms with Gasteiger partial charge in [0.15, 0.2) is 0 Å². The molecule has 31 heavy (non-hydrogen) atoms. The van der Waals surface area contributed by atoms with Gasteiger partial charge in [0.05, 0.1) is 22.7 Å². The zero-order valence-corrected chi connectivity index (χ0v) is 19.2. The van der Waals surface area contributed by atoms with Crippen LogP contribution in [0.4, 0.5) is 11.4 Å². The minimum atomic E-state index is -3.09. The van der Waals surface area contributed by atoms with Gasteiger partial charge in [-0.05, 0) is 36.0 Å². The Morgan fingerprint density at radius 2 is 1.74 bits per heavy atom. The topological polar surface area (TPSA) is 67.9 Å². The number of nitrogens with one attached hydrogen (secondary N) is 2. The molecule has 0 aromatic heterocycles. The van der Waals surface area contributed by atoms with Crippen LogP contribution in [0.3, 0.4) is 0 Å². The summed E-state index contributed by atoms with van der Waals surface area (Å²) in [5.41, 5.74) is 11.8. The first-order valence-electron chi connectivity index (χ1n) is 10.8. The van der Waals surface area contributed by atoms with Crippen LogP contribution in [-0.2, 0) is 16.6 Å². The van der Waals surface area contributed by atoms with Crippen molar-refractivity contribution in [2.45, 2.75) is 19.4 Å². The van der Waals surface area contributed by atoms with Crippen molar-refractivity contribution in [1.29, 1.82) is 0 Å². The number of benzene rings is 2. The lowest BCUT2D eigenvalue weighted by Crippen LogP contribution is -2.47. The number of anilines is 2. The smallest absolute Gasteiger partial charge is 0.211 e. The van der Waals surface area contributed by atoms with E-state index in [4.69, 9.17) is 11.6 Å². The lowest BCUT2D eigenvalue weighted by molar-refractivity contribution is 0.182. The zero-order valence-electron chi connectivity index (χ0n) is 17.6. The molecule has 2 aliphatic heterocycles. The van der Waals surface area contributed by atoms with Gasteiger partial charge < -0.3 is 5.43 Å².